The number of rotatable bonds is 8. The largest absolute Gasteiger partial charge is 0.382 e. The summed E-state index contributed by atoms with van der Waals surface area (Å²) in [4.78, 5) is 3.99. The Hall–Kier alpha value is -1.33. The predicted molar refractivity (Wildman–Crippen MR) is 64.5 cm³/mol. The first-order valence-electron chi connectivity index (χ1n) is 5.35. The molecule has 16 heavy (non-hydrogen) atoms. The van der Waals surface area contributed by atoms with E-state index in [-0.39, 0.29) is 0 Å². The lowest BCUT2D eigenvalue weighted by Crippen LogP contribution is -2.09. The molecule has 0 atom stereocenters. The quantitative estimate of drug-likeness (QED) is 0.649. The number of anilines is 2. The molecule has 0 aliphatic heterocycles. The molecule has 1 heterocycles. The summed E-state index contributed by atoms with van der Waals surface area (Å²) in [6, 6.07) is 3.77. The molecular weight excluding hydrogens is 206 g/mol. The van der Waals surface area contributed by atoms with Crippen LogP contribution in [0.5, 0.6) is 0 Å². The van der Waals surface area contributed by atoms with Gasteiger partial charge < -0.3 is 20.5 Å². The van der Waals surface area contributed by atoms with Crippen molar-refractivity contribution in [1.82, 2.24) is 4.98 Å². The zero-order valence-electron chi connectivity index (χ0n) is 9.61. The molecule has 90 valence electrons. The second-order valence-corrected chi connectivity index (χ2v) is 3.32. The second-order valence-electron chi connectivity index (χ2n) is 3.32. The van der Waals surface area contributed by atoms with Crippen LogP contribution in [0.15, 0.2) is 18.3 Å². The maximum Gasteiger partial charge on any atom is 0.146 e. The third-order valence-electron chi connectivity index (χ3n) is 2.05. The number of nitrogens with zero attached hydrogens (tertiary/aromatic N) is 1. The summed E-state index contributed by atoms with van der Waals surface area (Å²) < 4.78 is 10.2. The Balaban J connectivity index is 2.05. The fourth-order valence-corrected chi connectivity index (χ4v) is 1.21. The van der Waals surface area contributed by atoms with Gasteiger partial charge in [0.05, 0.1) is 18.9 Å². The molecule has 0 aromatic carbocycles. The third kappa shape index (κ3) is 4.95. The lowest BCUT2D eigenvalue weighted by molar-refractivity contribution is 0.0705. The molecule has 5 heteroatoms. The average molecular weight is 225 g/mol. The van der Waals surface area contributed by atoms with Crippen molar-refractivity contribution in [2.24, 2.45) is 0 Å². The fraction of sp³-hybridized carbons (Fsp3) is 0.545. The van der Waals surface area contributed by atoms with Crippen molar-refractivity contribution in [3.63, 3.8) is 0 Å². The van der Waals surface area contributed by atoms with Crippen molar-refractivity contribution in [3.05, 3.63) is 18.3 Å². The van der Waals surface area contributed by atoms with Gasteiger partial charge in [0.25, 0.3) is 0 Å². The van der Waals surface area contributed by atoms with E-state index >= 15 is 0 Å². The zero-order chi connectivity index (χ0) is 11.6. The van der Waals surface area contributed by atoms with Gasteiger partial charge in [-0.15, -0.1) is 0 Å². The van der Waals surface area contributed by atoms with Crippen LogP contribution in [0.2, 0.25) is 0 Å². The Morgan fingerprint density at radius 3 is 3.00 bits per heavy atom. The monoisotopic (exact) mass is 225 g/mol. The van der Waals surface area contributed by atoms with Crippen LogP contribution < -0.4 is 11.1 Å². The number of pyridine rings is 1. The van der Waals surface area contributed by atoms with Crippen molar-refractivity contribution in [2.45, 2.75) is 6.42 Å². The SMILES string of the molecule is COCCOCCCNc1cccnc1N. The summed E-state index contributed by atoms with van der Waals surface area (Å²) in [5.74, 6) is 0.530. The Morgan fingerprint density at radius 2 is 2.25 bits per heavy atom. The average Bonchev–Trinajstić information content (AvgIpc) is 2.30. The first kappa shape index (κ1) is 12.7. The minimum absolute atomic E-state index is 0.530. The molecule has 0 amide bonds. The van der Waals surface area contributed by atoms with Gasteiger partial charge in [0.2, 0.25) is 0 Å². The number of nitrogens with one attached hydrogen (secondary N) is 1. The van der Waals surface area contributed by atoms with Gasteiger partial charge in [-0.05, 0) is 18.6 Å². The van der Waals surface area contributed by atoms with E-state index in [1.165, 1.54) is 0 Å². The third-order valence-corrected chi connectivity index (χ3v) is 2.05. The van der Waals surface area contributed by atoms with E-state index < -0.39 is 0 Å². The molecule has 1 aromatic rings. The van der Waals surface area contributed by atoms with Gasteiger partial charge in [0, 0.05) is 26.5 Å². The van der Waals surface area contributed by atoms with Crippen LogP contribution in [0.25, 0.3) is 0 Å². The van der Waals surface area contributed by atoms with Gasteiger partial charge in [0.1, 0.15) is 5.82 Å². The maximum absolute atomic E-state index is 5.68. The molecular formula is C11H19N3O2. The number of hydrogen-bond acceptors (Lipinski definition) is 5. The highest BCUT2D eigenvalue weighted by molar-refractivity contribution is 5.60. The van der Waals surface area contributed by atoms with E-state index in [0.29, 0.717) is 19.0 Å². The lowest BCUT2D eigenvalue weighted by Gasteiger charge is -2.08. The summed E-state index contributed by atoms with van der Waals surface area (Å²) in [6.07, 6.45) is 2.60. The lowest BCUT2D eigenvalue weighted by atomic mass is 10.3. The van der Waals surface area contributed by atoms with Crippen LogP contribution in [0.3, 0.4) is 0 Å². The van der Waals surface area contributed by atoms with Crippen LogP contribution in [0.4, 0.5) is 11.5 Å². The Morgan fingerprint density at radius 1 is 1.38 bits per heavy atom. The van der Waals surface area contributed by atoms with Crippen LogP contribution in [0.1, 0.15) is 6.42 Å². The van der Waals surface area contributed by atoms with Crippen LogP contribution in [-0.2, 0) is 9.47 Å². The summed E-state index contributed by atoms with van der Waals surface area (Å²) in [6.45, 7) is 2.83. The standard InChI is InChI=1S/C11H19N3O2/c1-15-8-9-16-7-3-6-13-10-4-2-5-14-11(10)12/h2,4-5,13H,3,6-9H2,1H3,(H2,12,14). The minimum atomic E-state index is 0.530. The summed E-state index contributed by atoms with van der Waals surface area (Å²) in [5, 5.41) is 3.21. The zero-order valence-corrected chi connectivity index (χ0v) is 9.61. The highest BCUT2D eigenvalue weighted by Gasteiger charge is 1.96. The Bertz CT molecular complexity index is 294. The van der Waals surface area contributed by atoms with Gasteiger partial charge in [-0.25, -0.2) is 4.98 Å². The maximum atomic E-state index is 5.68. The highest BCUT2D eigenvalue weighted by Crippen LogP contribution is 2.12. The van der Waals surface area contributed by atoms with E-state index in [1.54, 1.807) is 13.3 Å². The van der Waals surface area contributed by atoms with Crippen molar-refractivity contribution in [2.75, 3.05) is 44.5 Å². The molecule has 3 N–H and O–H groups in total. The molecule has 0 radical (unpaired) electrons. The molecule has 0 aliphatic carbocycles. The van der Waals surface area contributed by atoms with E-state index in [4.69, 9.17) is 15.2 Å². The van der Waals surface area contributed by atoms with Gasteiger partial charge in [-0.3, -0.25) is 0 Å². The van der Waals surface area contributed by atoms with Crippen LogP contribution in [-0.4, -0.2) is 38.5 Å². The molecule has 1 aromatic heterocycles. The van der Waals surface area contributed by atoms with Crippen molar-refractivity contribution in [1.29, 1.82) is 0 Å². The van der Waals surface area contributed by atoms with Gasteiger partial charge in [-0.1, -0.05) is 0 Å². The van der Waals surface area contributed by atoms with E-state index in [2.05, 4.69) is 10.3 Å². The molecule has 5 nitrogen and oxygen atoms in total. The normalized spacial score (nSPS) is 10.3. The number of nitrogen functional groups attached to an aromatic ring is 1. The minimum Gasteiger partial charge on any atom is -0.382 e. The first-order valence-corrected chi connectivity index (χ1v) is 5.35. The summed E-state index contributed by atoms with van der Waals surface area (Å²) in [5.41, 5.74) is 6.55. The van der Waals surface area contributed by atoms with E-state index in [0.717, 1.165) is 25.3 Å². The number of aromatic nitrogens is 1. The van der Waals surface area contributed by atoms with Gasteiger partial charge >= 0.3 is 0 Å². The number of hydrogen-bond donors (Lipinski definition) is 2. The molecule has 0 bridgehead atoms. The van der Waals surface area contributed by atoms with E-state index in [9.17, 15) is 0 Å². The Kier molecular flexibility index (Phi) is 6.29. The predicted octanol–water partition coefficient (Wildman–Crippen LogP) is 1.13. The van der Waals surface area contributed by atoms with Crippen molar-refractivity contribution in [3.8, 4) is 0 Å². The number of methoxy groups -OCH3 is 1. The Labute approximate surface area is 96.0 Å². The molecule has 0 unspecified atom stereocenters. The number of ether oxygens (including phenoxy) is 2. The van der Waals surface area contributed by atoms with E-state index in [1.807, 2.05) is 12.1 Å². The molecule has 1 rings (SSSR count). The molecule has 0 spiro atoms. The summed E-state index contributed by atoms with van der Waals surface area (Å²) in [7, 11) is 1.66. The first-order chi connectivity index (χ1) is 7.84. The highest BCUT2D eigenvalue weighted by atomic mass is 16.5. The van der Waals surface area contributed by atoms with Gasteiger partial charge in [0.15, 0.2) is 0 Å². The topological polar surface area (TPSA) is 69.4 Å². The number of nitrogens with two attached hydrogens (primary N) is 1. The molecule has 0 saturated carbocycles. The summed E-state index contributed by atoms with van der Waals surface area (Å²) >= 11 is 0. The fourth-order valence-electron chi connectivity index (χ4n) is 1.21. The van der Waals surface area contributed by atoms with Crippen molar-refractivity contribution >= 4 is 11.5 Å². The molecule has 0 saturated heterocycles. The van der Waals surface area contributed by atoms with Gasteiger partial charge in [-0.2, -0.15) is 0 Å². The second kappa shape index (κ2) is 7.90. The molecule has 0 aliphatic rings. The van der Waals surface area contributed by atoms with Crippen molar-refractivity contribution < 1.29 is 9.47 Å². The van der Waals surface area contributed by atoms with Crippen LogP contribution >= 0.6 is 0 Å². The smallest absolute Gasteiger partial charge is 0.146 e. The molecule has 0 fully saturated rings. The van der Waals surface area contributed by atoms with Crippen LogP contribution in [0, 0.1) is 0 Å².